The molecule has 0 unspecified atom stereocenters. The monoisotopic (exact) mass is 308 g/mol. The number of anilines is 1. The first kappa shape index (κ1) is 14.5. The van der Waals surface area contributed by atoms with Gasteiger partial charge in [-0.2, -0.15) is 0 Å². The fourth-order valence-corrected chi connectivity index (χ4v) is 4.39. The lowest BCUT2D eigenvalue weighted by Gasteiger charge is -2.20. The molecule has 114 valence electrons. The summed E-state index contributed by atoms with van der Waals surface area (Å²) in [6, 6.07) is 6.06. The Morgan fingerprint density at radius 2 is 2.10 bits per heavy atom. The topological polar surface area (TPSA) is 89.3 Å². The van der Waals surface area contributed by atoms with Crippen molar-refractivity contribution in [2.75, 3.05) is 5.32 Å². The smallest absolute Gasteiger partial charge is 0.238 e. The molecule has 3 N–H and O–H groups in total. The maximum atomic E-state index is 12.1. The molecule has 5 nitrogen and oxygen atoms in total. The van der Waals surface area contributed by atoms with Gasteiger partial charge in [0.25, 0.3) is 0 Å². The van der Waals surface area contributed by atoms with Crippen molar-refractivity contribution >= 4 is 21.6 Å². The van der Waals surface area contributed by atoms with Crippen molar-refractivity contribution in [3.05, 3.63) is 24.3 Å². The number of amides is 1. The number of hydrogen-bond donors (Lipinski definition) is 2. The quantitative estimate of drug-likeness (QED) is 0.892. The molecule has 0 aliphatic heterocycles. The van der Waals surface area contributed by atoms with E-state index >= 15 is 0 Å². The van der Waals surface area contributed by atoms with E-state index in [2.05, 4.69) is 5.32 Å². The lowest BCUT2D eigenvalue weighted by molar-refractivity contribution is -0.117. The molecule has 2 bridgehead atoms. The van der Waals surface area contributed by atoms with E-state index < -0.39 is 10.0 Å². The number of nitrogens with one attached hydrogen (secondary N) is 1. The minimum Gasteiger partial charge on any atom is -0.326 e. The number of nitrogens with two attached hydrogens (primary N) is 1. The maximum Gasteiger partial charge on any atom is 0.238 e. The van der Waals surface area contributed by atoms with Gasteiger partial charge in [0.15, 0.2) is 0 Å². The molecule has 3 rings (SSSR count). The molecule has 0 saturated heterocycles. The SMILES string of the molecule is NS(=O)(=O)c1cccc(NC(=O)C[C@H]2C[C@H]3CC[C@@H]2C3)c1. The molecule has 0 radical (unpaired) electrons. The summed E-state index contributed by atoms with van der Waals surface area (Å²) >= 11 is 0. The first-order valence-electron chi connectivity index (χ1n) is 7.34. The van der Waals surface area contributed by atoms with Crippen molar-refractivity contribution in [3.8, 4) is 0 Å². The van der Waals surface area contributed by atoms with E-state index in [9.17, 15) is 13.2 Å². The summed E-state index contributed by atoms with van der Waals surface area (Å²) < 4.78 is 22.6. The Morgan fingerprint density at radius 1 is 1.29 bits per heavy atom. The summed E-state index contributed by atoms with van der Waals surface area (Å²) in [5.41, 5.74) is 0.481. The summed E-state index contributed by atoms with van der Waals surface area (Å²) in [6.45, 7) is 0. The van der Waals surface area contributed by atoms with E-state index in [-0.39, 0.29) is 10.8 Å². The van der Waals surface area contributed by atoms with Gasteiger partial charge in [0.05, 0.1) is 4.90 Å². The van der Waals surface area contributed by atoms with Crippen LogP contribution >= 0.6 is 0 Å². The van der Waals surface area contributed by atoms with E-state index in [1.165, 1.54) is 31.4 Å². The van der Waals surface area contributed by atoms with Crippen molar-refractivity contribution in [3.63, 3.8) is 0 Å². The number of carbonyl (C=O) groups is 1. The summed E-state index contributed by atoms with van der Waals surface area (Å²) in [5.74, 6) is 1.97. The van der Waals surface area contributed by atoms with Crippen LogP contribution in [-0.2, 0) is 14.8 Å². The van der Waals surface area contributed by atoms with Crippen LogP contribution in [0.2, 0.25) is 0 Å². The predicted molar refractivity (Wildman–Crippen MR) is 80.0 cm³/mol. The Hall–Kier alpha value is -1.40. The molecule has 3 atom stereocenters. The highest BCUT2D eigenvalue weighted by Gasteiger charge is 2.40. The van der Waals surface area contributed by atoms with Crippen LogP contribution in [0.15, 0.2) is 29.2 Å². The Bertz CT molecular complexity index is 657. The Morgan fingerprint density at radius 3 is 2.71 bits per heavy atom. The van der Waals surface area contributed by atoms with Crippen LogP contribution < -0.4 is 10.5 Å². The van der Waals surface area contributed by atoms with Gasteiger partial charge >= 0.3 is 0 Å². The Labute approximate surface area is 125 Å². The lowest BCUT2D eigenvalue weighted by atomic mass is 9.86. The standard InChI is InChI=1S/C15H20N2O3S/c16-21(19,20)14-3-1-2-13(9-14)17-15(18)8-12-7-10-4-5-11(12)6-10/h1-3,9-12H,4-8H2,(H,17,18)(H2,16,19,20)/t10-,11+,12+/m0/s1. The molecular weight excluding hydrogens is 288 g/mol. The fourth-order valence-electron chi connectivity index (χ4n) is 3.83. The molecule has 0 heterocycles. The van der Waals surface area contributed by atoms with Crippen LogP contribution in [0.1, 0.15) is 32.1 Å². The zero-order valence-corrected chi connectivity index (χ0v) is 12.6. The molecule has 2 aliphatic rings. The van der Waals surface area contributed by atoms with E-state index in [1.807, 2.05) is 0 Å². The number of primary sulfonamides is 1. The Balaban J connectivity index is 1.62. The summed E-state index contributed by atoms with van der Waals surface area (Å²) in [6.07, 6.45) is 5.54. The second-order valence-electron chi connectivity index (χ2n) is 6.26. The molecule has 2 fully saturated rings. The number of fused-ring (bicyclic) bond motifs is 2. The third kappa shape index (κ3) is 3.27. The van der Waals surface area contributed by atoms with Crippen LogP contribution in [0.25, 0.3) is 0 Å². The van der Waals surface area contributed by atoms with Gasteiger partial charge in [-0.25, -0.2) is 13.6 Å². The maximum absolute atomic E-state index is 12.1. The third-order valence-corrected chi connectivity index (χ3v) is 5.69. The van der Waals surface area contributed by atoms with Crippen molar-refractivity contribution in [2.24, 2.45) is 22.9 Å². The van der Waals surface area contributed by atoms with Crippen LogP contribution in [-0.4, -0.2) is 14.3 Å². The largest absolute Gasteiger partial charge is 0.326 e. The van der Waals surface area contributed by atoms with E-state index in [0.717, 1.165) is 12.3 Å². The van der Waals surface area contributed by atoms with Crippen molar-refractivity contribution < 1.29 is 13.2 Å². The molecule has 0 aromatic heterocycles. The molecular formula is C15H20N2O3S. The second-order valence-corrected chi connectivity index (χ2v) is 7.82. The van der Waals surface area contributed by atoms with Crippen LogP contribution in [0.3, 0.4) is 0 Å². The zero-order chi connectivity index (χ0) is 15.0. The van der Waals surface area contributed by atoms with Crippen LogP contribution in [0.5, 0.6) is 0 Å². The van der Waals surface area contributed by atoms with Crippen molar-refractivity contribution in [2.45, 2.75) is 37.0 Å². The average Bonchev–Trinajstić information content (AvgIpc) is 3.00. The van der Waals surface area contributed by atoms with Crippen LogP contribution in [0, 0.1) is 17.8 Å². The minimum atomic E-state index is -3.74. The molecule has 2 aliphatic carbocycles. The number of benzene rings is 1. The normalized spacial score (nSPS) is 27.8. The minimum absolute atomic E-state index is 0.0141. The summed E-state index contributed by atoms with van der Waals surface area (Å²) in [7, 11) is -3.74. The second kappa shape index (κ2) is 5.42. The van der Waals surface area contributed by atoms with Gasteiger partial charge in [0.1, 0.15) is 0 Å². The van der Waals surface area contributed by atoms with Gasteiger partial charge in [-0.15, -0.1) is 0 Å². The predicted octanol–water partition coefficient (Wildman–Crippen LogP) is 2.10. The molecule has 0 spiro atoms. The lowest BCUT2D eigenvalue weighted by Crippen LogP contribution is -2.20. The highest BCUT2D eigenvalue weighted by atomic mass is 32.2. The van der Waals surface area contributed by atoms with E-state index in [4.69, 9.17) is 5.14 Å². The molecule has 2 saturated carbocycles. The van der Waals surface area contributed by atoms with Crippen molar-refractivity contribution in [1.29, 1.82) is 0 Å². The van der Waals surface area contributed by atoms with E-state index in [0.29, 0.717) is 23.9 Å². The highest BCUT2D eigenvalue weighted by molar-refractivity contribution is 7.89. The zero-order valence-electron chi connectivity index (χ0n) is 11.8. The molecule has 1 aromatic rings. The Kier molecular flexibility index (Phi) is 3.75. The molecule has 6 heteroatoms. The van der Waals surface area contributed by atoms with Gasteiger partial charge in [0, 0.05) is 12.1 Å². The van der Waals surface area contributed by atoms with Crippen LogP contribution in [0.4, 0.5) is 5.69 Å². The van der Waals surface area contributed by atoms with Gasteiger partial charge in [-0.3, -0.25) is 4.79 Å². The van der Waals surface area contributed by atoms with Gasteiger partial charge in [0.2, 0.25) is 15.9 Å². The number of hydrogen-bond acceptors (Lipinski definition) is 3. The fraction of sp³-hybridized carbons (Fsp3) is 0.533. The van der Waals surface area contributed by atoms with Gasteiger partial charge in [-0.1, -0.05) is 12.5 Å². The third-order valence-electron chi connectivity index (χ3n) is 4.78. The number of sulfonamides is 1. The molecule has 21 heavy (non-hydrogen) atoms. The average molecular weight is 308 g/mol. The van der Waals surface area contributed by atoms with Gasteiger partial charge in [-0.05, 0) is 55.2 Å². The molecule has 1 amide bonds. The highest BCUT2D eigenvalue weighted by Crippen LogP contribution is 2.49. The number of carbonyl (C=O) groups excluding carboxylic acids is 1. The number of rotatable bonds is 4. The first-order chi connectivity index (χ1) is 9.91. The summed E-state index contributed by atoms with van der Waals surface area (Å²) in [4.78, 5) is 12.1. The molecule has 1 aromatic carbocycles. The summed E-state index contributed by atoms with van der Waals surface area (Å²) in [5, 5.41) is 7.87. The van der Waals surface area contributed by atoms with Gasteiger partial charge < -0.3 is 5.32 Å². The van der Waals surface area contributed by atoms with Crippen molar-refractivity contribution in [1.82, 2.24) is 0 Å². The first-order valence-corrected chi connectivity index (χ1v) is 8.89. The van der Waals surface area contributed by atoms with E-state index in [1.54, 1.807) is 12.1 Å².